The highest BCUT2D eigenvalue weighted by Gasteiger charge is 2.56. The fraction of sp³-hybridized carbons (Fsp3) is 1.00. The van der Waals surface area contributed by atoms with Gasteiger partial charge in [0.25, 0.3) is 0 Å². The summed E-state index contributed by atoms with van der Waals surface area (Å²) in [5.74, 6) is 1.01. The van der Waals surface area contributed by atoms with E-state index in [1.165, 1.54) is 19.4 Å². The minimum absolute atomic E-state index is 0.736. The third-order valence-electron chi connectivity index (χ3n) is 2.69. The molecule has 0 bridgehead atoms. The average molecular weight is 111 g/mol. The van der Waals surface area contributed by atoms with Gasteiger partial charge in [0.1, 0.15) is 0 Å². The minimum atomic E-state index is 0.736. The van der Waals surface area contributed by atoms with E-state index in [9.17, 15) is 0 Å². The molecule has 0 aromatic carbocycles. The second-order valence-corrected chi connectivity index (χ2v) is 3.59. The van der Waals surface area contributed by atoms with Gasteiger partial charge in [-0.2, -0.15) is 0 Å². The highest BCUT2D eigenvalue weighted by Crippen LogP contribution is 2.50. The quantitative estimate of drug-likeness (QED) is 0.423. The molecule has 1 heterocycles. The molecule has 0 aromatic heterocycles. The first-order chi connectivity index (χ1) is 3.73. The number of rotatable bonds is 0. The van der Waals surface area contributed by atoms with Gasteiger partial charge in [-0.15, -0.1) is 0 Å². The highest BCUT2D eigenvalue weighted by atomic mass is 15.3. The van der Waals surface area contributed by atoms with E-state index in [4.69, 9.17) is 0 Å². The van der Waals surface area contributed by atoms with Gasteiger partial charge < -0.3 is 0 Å². The van der Waals surface area contributed by atoms with Crippen molar-refractivity contribution in [2.45, 2.75) is 25.3 Å². The molecule has 1 unspecified atom stereocenters. The predicted molar refractivity (Wildman–Crippen MR) is 33.8 cm³/mol. The average Bonchev–Trinajstić information content (AvgIpc) is 2.13. The number of nitrogens with zero attached hydrogens (tertiary/aromatic N) is 1. The van der Waals surface area contributed by atoms with Gasteiger partial charge in [-0.25, -0.2) is 0 Å². The Kier molecular flexibility index (Phi) is 0.663. The molecule has 1 spiro atoms. The zero-order valence-electron chi connectivity index (χ0n) is 5.65. The summed E-state index contributed by atoms with van der Waals surface area (Å²) in [6.07, 6.45) is 2.92. The third kappa shape index (κ3) is 0.408. The van der Waals surface area contributed by atoms with Crippen molar-refractivity contribution < 1.29 is 0 Å². The first kappa shape index (κ1) is 4.80. The summed E-state index contributed by atoms with van der Waals surface area (Å²) in [6, 6.07) is 0. The van der Waals surface area contributed by atoms with Crippen molar-refractivity contribution in [2.24, 2.45) is 5.92 Å². The maximum absolute atomic E-state index is 2.47. The molecule has 1 nitrogen and oxygen atoms in total. The van der Waals surface area contributed by atoms with E-state index in [0.717, 1.165) is 11.5 Å². The molecular formula is C7H13N. The molecule has 0 radical (unpaired) electrons. The third-order valence-corrected chi connectivity index (χ3v) is 2.69. The molecule has 1 atom stereocenters. The van der Waals surface area contributed by atoms with Crippen molar-refractivity contribution in [2.75, 3.05) is 13.6 Å². The molecule has 2 fully saturated rings. The van der Waals surface area contributed by atoms with Crippen LogP contribution in [0.3, 0.4) is 0 Å². The first-order valence-corrected chi connectivity index (χ1v) is 3.44. The monoisotopic (exact) mass is 111 g/mol. The van der Waals surface area contributed by atoms with Gasteiger partial charge in [0, 0.05) is 12.1 Å². The summed E-state index contributed by atoms with van der Waals surface area (Å²) >= 11 is 0. The van der Waals surface area contributed by atoms with E-state index < -0.39 is 0 Å². The summed E-state index contributed by atoms with van der Waals surface area (Å²) in [5.41, 5.74) is 0.736. The van der Waals surface area contributed by atoms with Gasteiger partial charge in [0.05, 0.1) is 0 Å². The van der Waals surface area contributed by atoms with Crippen LogP contribution in [0.5, 0.6) is 0 Å². The number of likely N-dealkylation sites (N-methyl/N-ethyl adjacent to an activating group) is 1. The Labute approximate surface area is 50.7 Å². The lowest BCUT2D eigenvalue weighted by Gasteiger charge is -2.32. The molecule has 1 aliphatic heterocycles. The lowest BCUT2D eigenvalue weighted by molar-refractivity contribution is 0.208. The lowest BCUT2D eigenvalue weighted by atomic mass is 9.75. The van der Waals surface area contributed by atoms with Gasteiger partial charge >= 0.3 is 0 Å². The molecule has 1 saturated carbocycles. The summed E-state index contributed by atoms with van der Waals surface area (Å²) in [7, 11) is 2.23. The van der Waals surface area contributed by atoms with Crippen LogP contribution in [0.2, 0.25) is 0 Å². The minimum Gasteiger partial charge on any atom is -0.298 e. The van der Waals surface area contributed by atoms with Crippen LogP contribution < -0.4 is 0 Å². The van der Waals surface area contributed by atoms with E-state index in [2.05, 4.69) is 18.9 Å². The van der Waals surface area contributed by atoms with Crippen LogP contribution in [-0.2, 0) is 0 Å². The van der Waals surface area contributed by atoms with Gasteiger partial charge in [0.2, 0.25) is 0 Å². The normalized spacial score (nSPS) is 60.8. The van der Waals surface area contributed by atoms with Crippen LogP contribution in [0, 0.1) is 5.92 Å². The Morgan fingerprint density at radius 3 is 2.12 bits per heavy atom. The van der Waals surface area contributed by atoms with Crippen LogP contribution >= 0.6 is 0 Å². The van der Waals surface area contributed by atoms with Crippen molar-refractivity contribution >= 4 is 0 Å². The molecule has 0 aromatic rings. The molecule has 8 heavy (non-hydrogen) atoms. The zero-order valence-corrected chi connectivity index (χ0v) is 5.65. The van der Waals surface area contributed by atoms with Crippen molar-refractivity contribution in [3.05, 3.63) is 0 Å². The lowest BCUT2D eigenvalue weighted by Crippen LogP contribution is -2.33. The predicted octanol–water partition coefficient (Wildman–Crippen LogP) is 1.10. The van der Waals surface area contributed by atoms with E-state index in [1.54, 1.807) is 0 Å². The summed E-state index contributed by atoms with van der Waals surface area (Å²) < 4.78 is 0. The number of hydrogen-bond acceptors (Lipinski definition) is 1. The van der Waals surface area contributed by atoms with Gasteiger partial charge in [-0.3, -0.25) is 4.90 Å². The largest absolute Gasteiger partial charge is 0.298 e. The summed E-state index contributed by atoms with van der Waals surface area (Å²) in [6.45, 7) is 3.72. The van der Waals surface area contributed by atoms with Gasteiger partial charge in [0.15, 0.2) is 0 Å². The Morgan fingerprint density at radius 1 is 1.50 bits per heavy atom. The fourth-order valence-corrected chi connectivity index (χ4v) is 2.08. The summed E-state index contributed by atoms with van der Waals surface area (Å²) in [5, 5.41) is 0. The van der Waals surface area contributed by atoms with Crippen molar-refractivity contribution in [3.63, 3.8) is 0 Å². The standard InChI is InChI=1S/C7H13N/c1-6-3-7(4-6)5-8(7)2/h6H,3-5H2,1-2H3. The molecule has 1 aliphatic carbocycles. The molecule has 46 valence electrons. The SMILES string of the molecule is CC1CC2(C1)CN2C. The molecule has 2 rings (SSSR count). The van der Waals surface area contributed by atoms with E-state index >= 15 is 0 Å². The number of hydrogen-bond donors (Lipinski definition) is 0. The van der Waals surface area contributed by atoms with Crippen molar-refractivity contribution in [1.82, 2.24) is 4.90 Å². The van der Waals surface area contributed by atoms with E-state index in [-0.39, 0.29) is 0 Å². The smallest absolute Gasteiger partial charge is 0.0339 e. The van der Waals surface area contributed by atoms with Crippen LogP contribution in [0.4, 0.5) is 0 Å². The second-order valence-electron chi connectivity index (χ2n) is 3.59. The highest BCUT2D eigenvalue weighted by molar-refractivity contribution is 5.13. The molecule has 1 heteroatoms. The van der Waals surface area contributed by atoms with E-state index in [1.807, 2.05) is 0 Å². The molecular weight excluding hydrogens is 98.1 g/mol. The topological polar surface area (TPSA) is 3.01 Å². The van der Waals surface area contributed by atoms with Crippen LogP contribution in [0.15, 0.2) is 0 Å². The van der Waals surface area contributed by atoms with Crippen LogP contribution in [-0.4, -0.2) is 24.0 Å². The molecule has 1 saturated heterocycles. The fourth-order valence-electron chi connectivity index (χ4n) is 2.08. The maximum atomic E-state index is 2.47. The zero-order chi connectivity index (χ0) is 5.78. The summed E-state index contributed by atoms with van der Waals surface area (Å²) in [4.78, 5) is 2.47. The molecule has 2 aliphatic rings. The van der Waals surface area contributed by atoms with Crippen LogP contribution in [0.1, 0.15) is 19.8 Å². The Bertz CT molecular complexity index is 114. The Balaban J connectivity index is 1.96. The van der Waals surface area contributed by atoms with Crippen molar-refractivity contribution in [3.8, 4) is 0 Å². The Morgan fingerprint density at radius 2 is 2.00 bits per heavy atom. The van der Waals surface area contributed by atoms with Crippen molar-refractivity contribution in [1.29, 1.82) is 0 Å². The van der Waals surface area contributed by atoms with Gasteiger partial charge in [-0.05, 0) is 25.8 Å². The first-order valence-electron chi connectivity index (χ1n) is 3.44. The van der Waals surface area contributed by atoms with Gasteiger partial charge in [-0.1, -0.05) is 6.92 Å². The van der Waals surface area contributed by atoms with Crippen LogP contribution in [0.25, 0.3) is 0 Å². The maximum Gasteiger partial charge on any atom is 0.0339 e. The Hall–Kier alpha value is -0.0400. The van der Waals surface area contributed by atoms with E-state index in [0.29, 0.717) is 0 Å². The molecule has 0 amide bonds. The second kappa shape index (κ2) is 1.10. The molecule has 0 N–H and O–H groups in total.